The van der Waals surface area contributed by atoms with Crippen molar-refractivity contribution in [1.82, 2.24) is 5.32 Å². The molecule has 1 atom stereocenters. The summed E-state index contributed by atoms with van der Waals surface area (Å²) < 4.78 is 13.4. The van der Waals surface area contributed by atoms with E-state index >= 15 is 0 Å². The molecule has 0 heterocycles. The molecule has 0 saturated carbocycles. The van der Waals surface area contributed by atoms with Crippen LogP contribution in [-0.2, 0) is 6.54 Å². The first-order valence-corrected chi connectivity index (χ1v) is 6.03. The van der Waals surface area contributed by atoms with Gasteiger partial charge in [-0.15, -0.1) is 0 Å². The molecule has 90 valence electrons. The van der Waals surface area contributed by atoms with Crippen molar-refractivity contribution >= 4 is 11.6 Å². The molecule has 1 aromatic carbocycles. The molecular formula is C13H19ClFN. The van der Waals surface area contributed by atoms with Crippen molar-refractivity contribution in [2.75, 3.05) is 6.54 Å². The topological polar surface area (TPSA) is 12.0 Å². The Balaban J connectivity index is 2.49. The largest absolute Gasteiger partial charge is 0.312 e. The average Bonchev–Trinajstić information content (AvgIpc) is 2.22. The summed E-state index contributed by atoms with van der Waals surface area (Å²) in [5.41, 5.74) is 0.556. The van der Waals surface area contributed by atoms with Crippen molar-refractivity contribution in [2.24, 2.45) is 11.8 Å². The minimum Gasteiger partial charge on any atom is -0.312 e. The molecule has 0 aliphatic carbocycles. The van der Waals surface area contributed by atoms with Crippen molar-refractivity contribution in [3.63, 3.8) is 0 Å². The van der Waals surface area contributed by atoms with E-state index in [1.165, 1.54) is 6.07 Å². The van der Waals surface area contributed by atoms with Crippen molar-refractivity contribution in [3.05, 3.63) is 34.6 Å². The molecule has 0 aliphatic heterocycles. The molecule has 1 N–H and O–H groups in total. The summed E-state index contributed by atoms with van der Waals surface area (Å²) in [5, 5.41) is 3.73. The lowest BCUT2D eigenvalue weighted by atomic mass is 9.98. The van der Waals surface area contributed by atoms with E-state index in [1.54, 1.807) is 12.1 Å². The number of hydrogen-bond acceptors (Lipinski definition) is 1. The second-order valence-electron chi connectivity index (χ2n) is 4.55. The maximum Gasteiger partial charge on any atom is 0.129 e. The van der Waals surface area contributed by atoms with Gasteiger partial charge in [0.05, 0.1) is 0 Å². The van der Waals surface area contributed by atoms with Crippen molar-refractivity contribution in [3.8, 4) is 0 Å². The molecule has 1 unspecified atom stereocenters. The zero-order valence-corrected chi connectivity index (χ0v) is 10.8. The van der Waals surface area contributed by atoms with Gasteiger partial charge in [-0.25, -0.2) is 4.39 Å². The minimum absolute atomic E-state index is 0.239. The second kappa shape index (κ2) is 6.21. The molecule has 1 rings (SSSR count). The lowest BCUT2D eigenvalue weighted by molar-refractivity contribution is 0.391. The van der Waals surface area contributed by atoms with Gasteiger partial charge >= 0.3 is 0 Å². The average molecular weight is 244 g/mol. The zero-order valence-electron chi connectivity index (χ0n) is 10.1. The van der Waals surface area contributed by atoms with Gasteiger partial charge in [0.2, 0.25) is 0 Å². The predicted octanol–water partition coefficient (Wildman–Crippen LogP) is 3.86. The smallest absolute Gasteiger partial charge is 0.129 e. The van der Waals surface area contributed by atoms with E-state index in [4.69, 9.17) is 11.6 Å². The van der Waals surface area contributed by atoms with Crippen LogP contribution in [0.25, 0.3) is 0 Å². The van der Waals surface area contributed by atoms with Crippen LogP contribution in [0.15, 0.2) is 18.2 Å². The molecule has 0 aliphatic rings. The summed E-state index contributed by atoms with van der Waals surface area (Å²) in [6.07, 6.45) is 0. The zero-order chi connectivity index (χ0) is 12.1. The van der Waals surface area contributed by atoms with E-state index in [0.29, 0.717) is 29.0 Å². The second-order valence-corrected chi connectivity index (χ2v) is 4.96. The van der Waals surface area contributed by atoms with Gasteiger partial charge in [-0.1, -0.05) is 38.4 Å². The predicted molar refractivity (Wildman–Crippen MR) is 67.1 cm³/mol. The van der Waals surface area contributed by atoms with E-state index < -0.39 is 0 Å². The third-order valence-corrected chi connectivity index (χ3v) is 3.32. The fraction of sp³-hybridized carbons (Fsp3) is 0.538. The fourth-order valence-electron chi connectivity index (χ4n) is 1.36. The van der Waals surface area contributed by atoms with Crippen LogP contribution < -0.4 is 5.32 Å². The summed E-state index contributed by atoms with van der Waals surface area (Å²) in [6, 6.07) is 4.78. The molecule has 0 amide bonds. The van der Waals surface area contributed by atoms with Crippen LogP contribution in [0.2, 0.25) is 5.02 Å². The summed E-state index contributed by atoms with van der Waals surface area (Å²) >= 11 is 5.93. The number of nitrogens with one attached hydrogen (secondary N) is 1. The van der Waals surface area contributed by atoms with Crippen molar-refractivity contribution < 1.29 is 4.39 Å². The third-order valence-electron chi connectivity index (χ3n) is 2.97. The number of rotatable bonds is 5. The molecule has 1 aromatic rings. The summed E-state index contributed by atoms with van der Waals surface area (Å²) in [4.78, 5) is 0. The first-order chi connectivity index (χ1) is 7.52. The molecule has 1 nitrogen and oxygen atoms in total. The highest BCUT2D eigenvalue weighted by Crippen LogP contribution is 2.18. The Bertz CT molecular complexity index is 318. The highest BCUT2D eigenvalue weighted by atomic mass is 35.5. The normalized spacial score (nSPS) is 13.1. The van der Waals surface area contributed by atoms with Gasteiger partial charge in [0.25, 0.3) is 0 Å². The third kappa shape index (κ3) is 3.76. The van der Waals surface area contributed by atoms with Crippen LogP contribution >= 0.6 is 11.6 Å². The molecule has 0 saturated heterocycles. The van der Waals surface area contributed by atoms with Crippen LogP contribution in [0.3, 0.4) is 0 Å². The van der Waals surface area contributed by atoms with Gasteiger partial charge in [-0.3, -0.25) is 0 Å². The molecule has 0 radical (unpaired) electrons. The van der Waals surface area contributed by atoms with Crippen molar-refractivity contribution in [1.29, 1.82) is 0 Å². The van der Waals surface area contributed by atoms with Gasteiger partial charge < -0.3 is 5.32 Å². The van der Waals surface area contributed by atoms with Gasteiger partial charge in [0, 0.05) is 17.1 Å². The van der Waals surface area contributed by atoms with Gasteiger partial charge in [-0.05, 0) is 30.5 Å². The molecule has 0 fully saturated rings. The highest BCUT2D eigenvalue weighted by molar-refractivity contribution is 6.31. The minimum atomic E-state index is -0.239. The van der Waals surface area contributed by atoms with Gasteiger partial charge in [0.1, 0.15) is 5.82 Å². The first-order valence-electron chi connectivity index (χ1n) is 5.66. The lowest BCUT2D eigenvalue weighted by Crippen LogP contribution is -2.24. The molecular weight excluding hydrogens is 225 g/mol. The Morgan fingerprint density at radius 3 is 2.56 bits per heavy atom. The van der Waals surface area contributed by atoms with Crippen LogP contribution in [0.4, 0.5) is 4.39 Å². The Morgan fingerprint density at radius 1 is 1.31 bits per heavy atom. The van der Waals surface area contributed by atoms with E-state index in [9.17, 15) is 4.39 Å². The Kier molecular flexibility index (Phi) is 5.23. The summed E-state index contributed by atoms with van der Waals surface area (Å²) in [6.45, 7) is 7.91. The maximum atomic E-state index is 13.4. The van der Waals surface area contributed by atoms with Gasteiger partial charge in [0.15, 0.2) is 0 Å². The standard InChI is InChI=1S/C13H19ClFN/c1-9(2)10(3)7-16-8-11-12(14)5-4-6-13(11)15/h4-6,9-10,16H,7-8H2,1-3H3. The highest BCUT2D eigenvalue weighted by Gasteiger charge is 2.09. The molecule has 0 bridgehead atoms. The fourth-order valence-corrected chi connectivity index (χ4v) is 1.59. The van der Waals surface area contributed by atoms with Gasteiger partial charge in [-0.2, -0.15) is 0 Å². The Morgan fingerprint density at radius 2 is 2.00 bits per heavy atom. The van der Waals surface area contributed by atoms with Crippen LogP contribution in [0.1, 0.15) is 26.3 Å². The molecule has 16 heavy (non-hydrogen) atoms. The van der Waals surface area contributed by atoms with Crippen LogP contribution in [0.5, 0.6) is 0 Å². The van der Waals surface area contributed by atoms with E-state index in [1.807, 2.05) is 0 Å². The molecule has 3 heteroatoms. The van der Waals surface area contributed by atoms with Crippen molar-refractivity contribution in [2.45, 2.75) is 27.3 Å². The summed E-state index contributed by atoms with van der Waals surface area (Å²) in [5.74, 6) is 0.964. The van der Waals surface area contributed by atoms with E-state index in [-0.39, 0.29) is 5.82 Å². The lowest BCUT2D eigenvalue weighted by Gasteiger charge is -2.16. The SMILES string of the molecule is CC(C)C(C)CNCc1c(F)cccc1Cl. The number of benzene rings is 1. The number of hydrogen-bond donors (Lipinski definition) is 1. The monoisotopic (exact) mass is 243 g/mol. The van der Waals surface area contributed by atoms with E-state index in [0.717, 1.165) is 6.54 Å². The van der Waals surface area contributed by atoms with Crippen LogP contribution in [-0.4, -0.2) is 6.54 Å². The first kappa shape index (κ1) is 13.5. The molecule has 0 aromatic heterocycles. The Labute approximate surface area is 102 Å². The van der Waals surface area contributed by atoms with Crippen LogP contribution in [0, 0.1) is 17.7 Å². The quantitative estimate of drug-likeness (QED) is 0.828. The number of halogens is 2. The summed E-state index contributed by atoms with van der Waals surface area (Å²) in [7, 11) is 0. The Hall–Kier alpha value is -0.600. The maximum absolute atomic E-state index is 13.4. The molecule has 0 spiro atoms. The van der Waals surface area contributed by atoms with E-state index in [2.05, 4.69) is 26.1 Å².